The Kier molecular flexibility index (Phi) is 5.23. The van der Waals surface area contributed by atoms with Crippen molar-refractivity contribution in [2.75, 3.05) is 25.0 Å². The number of aromatic nitrogens is 3. The minimum Gasteiger partial charge on any atom is -0.369 e. The van der Waals surface area contributed by atoms with E-state index in [1.54, 1.807) is 11.3 Å². The minimum atomic E-state index is -0.0222. The molecule has 2 amide bonds. The Morgan fingerprint density at radius 1 is 1.32 bits per heavy atom. The average Bonchev–Trinajstić information content (AvgIpc) is 3.43. The van der Waals surface area contributed by atoms with Crippen molar-refractivity contribution in [1.82, 2.24) is 25.2 Å². The number of nitrogens with one attached hydrogen (secondary N) is 2. The fourth-order valence-corrected chi connectivity index (χ4v) is 5.34. The third-order valence-corrected chi connectivity index (χ3v) is 7.29. The molecule has 1 aromatic carbocycles. The predicted octanol–water partition coefficient (Wildman–Crippen LogP) is 4.23. The van der Waals surface area contributed by atoms with Gasteiger partial charge in [0.1, 0.15) is 10.7 Å². The van der Waals surface area contributed by atoms with Crippen LogP contribution >= 0.6 is 11.3 Å². The van der Waals surface area contributed by atoms with Crippen LogP contribution in [0.25, 0.3) is 21.3 Å². The molecule has 1 fully saturated rings. The number of para-hydroxylation sites is 1. The second-order valence-corrected chi connectivity index (χ2v) is 9.31. The van der Waals surface area contributed by atoms with Crippen LogP contribution < -0.4 is 10.2 Å². The van der Waals surface area contributed by atoms with E-state index in [1.165, 1.54) is 0 Å². The standard InChI is InChI=1S/C23H26N6OS/c1-15-9-12-29(23(30)26-13-21-27-17-5-3-4-6-20(17)31-21)14-19(15)28(2)18-8-11-25-22-16(18)7-10-24-22/h3-8,10-11,15,19H,9,12-14H2,1-2H3,(H,24,25)(H,26,30). The largest absolute Gasteiger partial charge is 0.369 e. The summed E-state index contributed by atoms with van der Waals surface area (Å²) in [6, 6.07) is 12.4. The first-order chi connectivity index (χ1) is 15.1. The third-order valence-electron chi connectivity index (χ3n) is 6.25. The Labute approximate surface area is 185 Å². The number of rotatable bonds is 4. The molecule has 0 radical (unpaired) electrons. The number of thiazole rings is 1. The molecule has 31 heavy (non-hydrogen) atoms. The molecule has 2 unspecified atom stereocenters. The van der Waals surface area contributed by atoms with E-state index >= 15 is 0 Å². The number of piperidine rings is 1. The second kappa shape index (κ2) is 8.19. The number of H-pyrrole nitrogens is 1. The highest BCUT2D eigenvalue weighted by Crippen LogP contribution is 2.30. The van der Waals surface area contributed by atoms with E-state index in [4.69, 9.17) is 0 Å². The van der Waals surface area contributed by atoms with Crippen LogP contribution in [0.1, 0.15) is 18.4 Å². The van der Waals surface area contributed by atoms with Gasteiger partial charge in [0.2, 0.25) is 0 Å². The average molecular weight is 435 g/mol. The lowest BCUT2D eigenvalue weighted by Gasteiger charge is -2.42. The molecule has 5 rings (SSSR count). The van der Waals surface area contributed by atoms with Crippen LogP contribution in [0, 0.1) is 5.92 Å². The Hall–Kier alpha value is -3.13. The number of carbonyl (C=O) groups is 1. The van der Waals surface area contributed by atoms with E-state index < -0.39 is 0 Å². The number of likely N-dealkylation sites (N-methyl/N-ethyl adjacent to an activating group) is 1. The van der Waals surface area contributed by atoms with Crippen LogP contribution in [0.2, 0.25) is 0 Å². The van der Waals surface area contributed by atoms with Crippen LogP contribution in [-0.2, 0) is 6.54 Å². The summed E-state index contributed by atoms with van der Waals surface area (Å²) in [5, 5.41) is 5.11. The number of hydrogen-bond acceptors (Lipinski definition) is 5. The van der Waals surface area contributed by atoms with Crippen molar-refractivity contribution in [3.05, 3.63) is 53.8 Å². The van der Waals surface area contributed by atoms with Crippen LogP contribution in [0.3, 0.4) is 0 Å². The Balaban J connectivity index is 1.27. The van der Waals surface area contributed by atoms with Crippen molar-refractivity contribution in [1.29, 1.82) is 0 Å². The van der Waals surface area contributed by atoms with Crippen LogP contribution in [0.5, 0.6) is 0 Å². The lowest BCUT2D eigenvalue weighted by molar-refractivity contribution is 0.161. The van der Waals surface area contributed by atoms with Gasteiger partial charge in [-0.2, -0.15) is 0 Å². The Morgan fingerprint density at radius 3 is 3.06 bits per heavy atom. The highest BCUT2D eigenvalue weighted by Gasteiger charge is 2.32. The quantitative estimate of drug-likeness (QED) is 0.504. The minimum absolute atomic E-state index is 0.0222. The van der Waals surface area contributed by atoms with E-state index in [2.05, 4.69) is 57.3 Å². The summed E-state index contributed by atoms with van der Waals surface area (Å²) in [5.74, 6) is 0.487. The van der Waals surface area contributed by atoms with Gasteiger partial charge in [-0.15, -0.1) is 11.3 Å². The van der Waals surface area contributed by atoms with Crippen molar-refractivity contribution in [3.63, 3.8) is 0 Å². The topological polar surface area (TPSA) is 77.2 Å². The van der Waals surface area contributed by atoms with E-state index in [9.17, 15) is 4.79 Å². The maximum absolute atomic E-state index is 12.9. The van der Waals surface area contributed by atoms with Crippen molar-refractivity contribution in [3.8, 4) is 0 Å². The summed E-state index contributed by atoms with van der Waals surface area (Å²) >= 11 is 1.63. The predicted molar refractivity (Wildman–Crippen MR) is 125 cm³/mol. The van der Waals surface area contributed by atoms with Gasteiger partial charge in [0.15, 0.2) is 0 Å². The zero-order valence-corrected chi connectivity index (χ0v) is 18.5. The van der Waals surface area contributed by atoms with Crippen molar-refractivity contribution >= 4 is 44.3 Å². The van der Waals surface area contributed by atoms with Gasteiger partial charge in [0.05, 0.1) is 16.8 Å². The molecule has 1 saturated heterocycles. The second-order valence-electron chi connectivity index (χ2n) is 8.19. The van der Waals surface area contributed by atoms with E-state index in [-0.39, 0.29) is 12.1 Å². The Bertz CT molecular complexity index is 1180. The van der Waals surface area contributed by atoms with Crippen LogP contribution in [0.15, 0.2) is 48.8 Å². The summed E-state index contributed by atoms with van der Waals surface area (Å²) in [7, 11) is 2.12. The fourth-order valence-electron chi connectivity index (χ4n) is 4.43. The molecule has 7 nitrogen and oxygen atoms in total. The molecule has 1 aliphatic rings. The van der Waals surface area contributed by atoms with E-state index in [1.807, 2.05) is 35.5 Å². The first kappa shape index (κ1) is 19.8. The number of carbonyl (C=O) groups excluding carboxylic acids is 1. The third kappa shape index (κ3) is 3.83. The monoisotopic (exact) mass is 434 g/mol. The maximum Gasteiger partial charge on any atom is 0.317 e. The Morgan fingerprint density at radius 2 is 2.19 bits per heavy atom. The zero-order chi connectivity index (χ0) is 21.4. The molecule has 1 aliphatic heterocycles. The smallest absolute Gasteiger partial charge is 0.317 e. The van der Waals surface area contributed by atoms with Crippen molar-refractivity contribution in [2.45, 2.75) is 25.9 Å². The van der Waals surface area contributed by atoms with E-state index in [0.717, 1.165) is 44.9 Å². The van der Waals surface area contributed by atoms with Gasteiger partial charge in [-0.25, -0.2) is 14.8 Å². The van der Waals surface area contributed by atoms with Gasteiger partial charge >= 0.3 is 6.03 Å². The number of fused-ring (bicyclic) bond motifs is 2. The van der Waals surface area contributed by atoms with Gasteiger partial charge in [0, 0.05) is 49.6 Å². The molecule has 2 N–H and O–H groups in total. The molecule has 0 spiro atoms. The molecule has 4 aromatic rings. The summed E-state index contributed by atoms with van der Waals surface area (Å²) in [4.78, 5) is 29.4. The lowest BCUT2D eigenvalue weighted by atomic mass is 9.92. The van der Waals surface area contributed by atoms with Gasteiger partial charge in [-0.05, 0) is 36.6 Å². The van der Waals surface area contributed by atoms with Crippen molar-refractivity contribution < 1.29 is 4.79 Å². The van der Waals surface area contributed by atoms with Crippen molar-refractivity contribution in [2.24, 2.45) is 5.92 Å². The number of nitrogens with zero attached hydrogens (tertiary/aromatic N) is 4. The van der Waals surface area contributed by atoms with Crippen LogP contribution in [0.4, 0.5) is 10.5 Å². The molecular weight excluding hydrogens is 408 g/mol. The molecular formula is C23H26N6OS. The van der Waals surface area contributed by atoms with Gasteiger partial charge in [0.25, 0.3) is 0 Å². The van der Waals surface area contributed by atoms with Gasteiger partial charge in [-0.1, -0.05) is 19.1 Å². The highest BCUT2D eigenvalue weighted by molar-refractivity contribution is 7.18. The number of aromatic amines is 1. The number of pyridine rings is 1. The summed E-state index contributed by atoms with van der Waals surface area (Å²) in [5.41, 5.74) is 3.01. The van der Waals surface area contributed by atoms with E-state index in [0.29, 0.717) is 19.0 Å². The maximum atomic E-state index is 12.9. The van der Waals surface area contributed by atoms with Crippen LogP contribution in [-0.4, -0.2) is 52.1 Å². The summed E-state index contributed by atoms with van der Waals surface area (Å²) in [6.45, 7) is 4.19. The first-order valence-corrected chi connectivity index (χ1v) is 11.4. The number of amides is 2. The first-order valence-electron chi connectivity index (χ1n) is 10.6. The molecule has 8 heteroatoms. The highest BCUT2D eigenvalue weighted by atomic mass is 32.1. The fraction of sp³-hybridized carbons (Fsp3) is 0.348. The summed E-state index contributed by atoms with van der Waals surface area (Å²) in [6.07, 6.45) is 4.73. The van der Waals surface area contributed by atoms with Gasteiger partial charge < -0.3 is 20.1 Å². The van der Waals surface area contributed by atoms with Gasteiger partial charge in [-0.3, -0.25) is 0 Å². The normalized spacial score (nSPS) is 19.1. The summed E-state index contributed by atoms with van der Waals surface area (Å²) < 4.78 is 1.15. The molecule has 0 aliphatic carbocycles. The SMILES string of the molecule is CC1CCN(C(=O)NCc2nc3ccccc3s2)CC1N(C)c1ccnc2[nH]ccc12. The number of likely N-dealkylation sites (tertiary alicyclic amines) is 1. The molecule has 0 bridgehead atoms. The zero-order valence-electron chi connectivity index (χ0n) is 17.7. The number of urea groups is 1. The number of hydrogen-bond donors (Lipinski definition) is 2. The molecule has 160 valence electrons. The molecule has 3 aromatic heterocycles. The molecule has 2 atom stereocenters. The molecule has 0 saturated carbocycles. The number of anilines is 1. The number of benzene rings is 1. The molecule has 4 heterocycles. The lowest BCUT2D eigenvalue weighted by Crippen LogP contribution is -2.54.